The summed E-state index contributed by atoms with van der Waals surface area (Å²) in [6.45, 7) is 5.36. The van der Waals surface area contributed by atoms with E-state index in [0.29, 0.717) is 23.6 Å². The van der Waals surface area contributed by atoms with Crippen molar-refractivity contribution in [3.63, 3.8) is 0 Å². The summed E-state index contributed by atoms with van der Waals surface area (Å²) in [4.78, 5) is 29.9. The van der Waals surface area contributed by atoms with Crippen molar-refractivity contribution in [3.8, 4) is 5.75 Å². The Balaban J connectivity index is 1.54. The molecule has 9 heteroatoms. The van der Waals surface area contributed by atoms with Gasteiger partial charge in [0.2, 0.25) is 0 Å². The zero-order valence-electron chi connectivity index (χ0n) is 19.3. The van der Waals surface area contributed by atoms with Gasteiger partial charge in [0.05, 0.1) is 25.3 Å². The Hall–Kier alpha value is -3.59. The molecule has 180 valence electrons. The molecule has 2 aliphatic rings. The van der Waals surface area contributed by atoms with Gasteiger partial charge in [-0.15, -0.1) is 0 Å². The van der Waals surface area contributed by atoms with Gasteiger partial charge in [-0.3, -0.25) is 4.90 Å². The minimum Gasteiger partial charge on any atom is -0.497 e. The monoisotopic (exact) mass is 468 g/mol. The van der Waals surface area contributed by atoms with E-state index in [-0.39, 0.29) is 18.5 Å². The maximum absolute atomic E-state index is 13.2. The van der Waals surface area contributed by atoms with Crippen LogP contribution in [0.25, 0.3) is 0 Å². The maximum Gasteiger partial charge on any atom is 0.338 e. The second-order valence-corrected chi connectivity index (χ2v) is 8.16. The zero-order chi connectivity index (χ0) is 24.1. The predicted octanol–water partition coefficient (Wildman–Crippen LogP) is 2.83. The number of methoxy groups -OCH3 is 1. The van der Waals surface area contributed by atoms with E-state index in [1.54, 1.807) is 38.3 Å². The van der Waals surface area contributed by atoms with Crippen LogP contribution in [-0.4, -0.2) is 63.3 Å². The lowest BCUT2D eigenvalue weighted by Crippen LogP contribution is -2.51. The number of halogens is 1. The Kier molecular flexibility index (Phi) is 7.32. The van der Waals surface area contributed by atoms with Crippen LogP contribution in [0.3, 0.4) is 0 Å². The van der Waals surface area contributed by atoms with Crippen LogP contribution in [0.4, 0.5) is 14.9 Å². The number of nitrogens with one attached hydrogen (secondary N) is 2. The lowest BCUT2D eigenvalue weighted by Gasteiger charge is -2.38. The van der Waals surface area contributed by atoms with Gasteiger partial charge >= 0.3 is 12.0 Å². The first-order valence-electron chi connectivity index (χ1n) is 11.3. The molecule has 1 saturated heterocycles. The maximum atomic E-state index is 13.2. The molecule has 0 radical (unpaired) electrons. The number of carbonyl (C=O) groups excluding carboxylic acids is 2. The van der Waals surface area contributed by atoms with E-state index in [4.69, 9.17) is 9.47 Å². The highest BCUT2D eigenvalue weighted by Crippen LogP contribution is 2.29. The predicted molar refractivity (Wildman–Crippen MR) is 126 cm³/mol. The smallest absolute Gasteiger partial charge is 0.338 e. The van der Waals surface area contributed by atoms with E-state index >= 15 is 0 Å². The number of ether oxygens (including phenoxy) is 2. The van der Waals surface area contributed by atoms with Gasteiger partial charge in [0, 0.05) is 44.1 Å². The molecule has 0 aliphatic carbocycles. The van der Waals surface area contributed by atoms with Crippen LogP contribution in [0.2, 0.25) is 0 Å². The molecule has 1 atom stereocenters. The molecule has 2 heterocycles. The highest BCUT2D eigenvalue weighted by atomic mass is 19.1. The fourth-order valence-electron chi connectivity index (χ4n) is 4.28. The third-order valence-corrected chi connectivity index (χ3v) is 6.04. The lowest BCUT2D eigenvalue weighted by molar-refractivity contribution is -0.139. The van der Waals surface area contributed by atoms with Crippen molar-refractivity contribution >= 4 is 17.7 Å². The molecule has 1 fully saturated rings. The van der Waals surface area contributed by atoms with Crippen LogP contribution in [0, 0.1) is 5.82 Å². The minimum absolute atomic E-state index is 0.231. The Morgan fingerprint density at radius 1 is 1.06 bits per heavy atom. The van der Waals surface area contributed by atoms with Crippen molar-refractivity contribution in [2.75, 3.05) is 51.3 Å². The molecule has 0 bridgehead atoms. The summed E-state index contributed by atoms with van der Waals surface area (Å²) in [6, 6.07) is 12.7. The van der Waals surface area contributed by atoms with E-state index in [0.717, 1.165) is 37.4 Å². The van der Waals surface area contributed by atoms with Crippen LogP contribution in [0.1, 0.15) is 18.5 Å². The summed E-state index contributed by atoms with van der Waals surface area (Å²) in [5.74, 6) is -0.0328. The third-order valence-electron chi connectivity index (χ3n) is 6.04. The van der Waals surface area contributed by atoms with Gasteiger partial charge in [0.15, 0.2) is 0 Å². The van der Waals surface area contributed by atoms with Gasteiger partial charge in [-0.1, -0.05) is 12.1 Å². The standard InChI is InChI=1S/C25H29FN4O4/c1-3-34-24(31)22-21(27-25(32)28-23(22)17-4-10-20(33-2)11-5-17)16-29-12-14-30(15-13-29)19-8-6-18(26)7-9-19/h4-11,23H,3,12-16H2,1-2H3,(H2,27,28,32)/t23-/m0/s1. The number of benzene rings is 2. The number of carbonyl (C=O) groups is 2. The molecule has 2 aliphatic heterocycles. The number of anilines is 1. The quantitative estimate of drug-likeness (QED) is 0.608. The number of rotatable bonds is 7. The molecule has 0 saturated carbocycles. The first-order chi connectivity index (χ1) is 16.5. The number of urea groups is 1. The van der Waals surface area contributed by atoms with Crippen LogP contribution >= 0.6 is 0 Å². The van der Waals surface area contributed by atoms with Crippen molar-refractivity contribution in [1.29, 1.82) is 0 Å². The fourth-order valence-corrected chi connectivity index (χ4v) is 4.28. The second kappa shape index (κ2) is 10.6. The summed E-state index contributed by atoms with van der Waals surface area (Å²) in [7, 11) is 1.58. The Morgan fingerprint density at radius 3 is 2.35 bits per heavy atom. The third kappa shape index (κ3) is 5.31. The van der Waals surface area contributed by atoms with E-state index in [2.05, 4.69) is 20.4 Å². The van der Waals surface area contributed by atoms with Crippen molar-refractivity contribution in [2.24, 2.45) is 0 Å². The summed E-state index contributed by atoms with van der Waals surface area (Å²) < 4.78 is 23.8. The molecule has 0 aromatic heterocycles. The molecule has 4 rings (SSSR count). The highest BCUT2D eigenvalue weighted by molar-refractivity contribution is 5.95. The Labute approximate surface area is 198 Å². The molecule has 0 spiro atoms. The average Bonchev–Trinajstić information content (AvgIpc) is 2.85. The molecule has 2 amide bonds. The van der Waals surface area contributed by atoms with E-state index < -0.39 is 12.0 Å². The number of piperazine rings is 1. The molecule has 2 aromatic carbocycles. The van der Waals surface area contributed by atoms with E-state index in [1.807, 2.05) is 12.1 Å². The SMILES string of the molecule is CCOC(=O)C1=C(CN2CCN(c3ccc(F)cc3)CC2)NC(=O)N[C@H]1c1ccc(OC)cc1. The van der Waals surface area contributed by atoms with Gasteiger partial charge in [0.25, 0.3) is 0 Å². The van der Waals surface area contributed by atoms with Crippen LogP contribution in [-0.2, 0) is 9.53 Å². The topological polar surface area (TPSA) is 83.1 Å². The van der Waals surface area contributed by atoms with Crippen molar-refractivity contribution in [1.82, 2.24) is 15.5 Å². The van der Waals surface area contributed by atoms with Gasteiger partial charge in [-0.05, 0) is 48.9 Å². The number of amides is 2. The minimum atomic E-state index is -0.630. The normalized spacial score (nSPS) is 18.9. The van der Waals surface area contributed by atoms with E-state index in [9.17, 15) is 14.0 Å². The van der Waals surface area contributed by atoms with E-state index in [1.165, 1.54) is 12.1 Å². The molecular weight excluding hydrogens is 439 g/mol. The average molecular weight is 469 g/mol. The first-order valence-corrected chi connectivity index (χ1v) is 11.3. The number of hydrogen-bond acceptors (Lipinski definition) is 6. The fraction of sp³-hybridized carbons (Fsp3) is 0.360. The molecule has 2 aromatic rings. The van der Waals surface area contributed by atoms with Gasteiger partial charge < -0.3 is 25.0 Å². The largest absolute Gasteiger partial charge is 0.497 e. The first kappa shape index (κ1) is 23.6. The number of hydrogen-bond donors (Lipinski definition) is 2. The van der Waals surface area contributed by atoms with Crippen molar-refractivity contribution in [3.05, 3.63) is 71.2 Å². The second-order valence-electron chi connectivity index (χ2n) is 8.16. The van der Waals surface area contributed by atoms with Crippen molar-refractivity contribution in [2.45, 2.75) is 13.0 Å². The highest BCUT2D eigenvalue weighted by Gasteiger charge is 2.34. The van der Waals surface area contributed by atoms with Gasteiger partial charge in [-0.2, -0.15) is 0 Å². The lowest BCUT2D eigenvalue weighted by atomic mass is 9.94. The Morgan fingerprint density at radius 2 is 1.74 bits per heavy atom. The molecule has 2 N–H and O–H groups in total. The summed E-state index contributed by atoms with van der Waals surface area (Å²) in [5, 5.41) is 5.68. The molecular formula is C25H29FN4O4. The zero-order valence-corrected chi connectivity index (χ0v) is 19.3. The summed E-state index contributed by atoms with van der Waals surface area (Å²) in [5.41, 5.74) is 2.67. The van der Waals surface area contributed by atoms with Gasteiger partial charge in [0.1, 0.15) is 11.6 Å². The number of esters is 1. The van der Waals surface area contributed by atoms with Crippen LogP contribution in [0.15, 0.2) is 59.8 Å². The van der Waals surface area contributed by atoms with Crippen LogP contribution < -0.4 is 20.3 Å². The van der Waals surface area contributed by atoms with Crippen LogP contribution in [0.5, 0.6) is 5.75 Å². The summed E-state index contributed by atoms with van der Waals surface area (Å²) >= 11 is 0. The molecule has 8 nitrogen and oxygen atoms in total. The molecule has 0 unspecified atom stereocenters. The summed E-state index contributed by atoms with van der Waals surface area (Å²) in [6.07, 6.45) is 0. The Bertz CT molecular complexity index is 1050. The van der Waals surface area contributed by atoms with Crippen molar-refractivity contribution < 1.29 is 23.5 Å². The molecule has 34 heavy (non-hydrogen) atoms. The van der Waals surface area contributed by atoms with Gasteiger partial charge in [-0.25, -0.2) is 14.0 Å². The number of nitrogens with zero attached hydrogens (tertiary/aromatic N) is 2.